The highest BCUT2D eigenvalue weighted by atomic mass is 35.5. The lowest BCUT2D eigenvalue weighted by molar-refractivity contribution is -0.0000395. The molecular formula is C14H18Cl2NO2-. The second-order valence-electron chi connectivity index (χ2n) is 4.73. The molecule has 1 aromatic carbocycles. The number of rotatable bonds is 4. The molecule has 0 amide bonds. The SMILES string of the molecule is CC(CN1CCCC1)OC(=O)c1ccc(Cl)cc1.[Cl-]. The van der Waals surface area contributed by atoms with Gasteiger partial charge in [-0.1, -0.05) is 11.6 Å². The molecule has 0 spiro atoms. The molecule has 1 aliphatic heterocycles. The Balaban J connectivity index is 0.00000180. The number of benzene rings is 1. The second kappa shape index (κ2) is 7.73. The number of likely N-dealkylation sites (tertiary alicyclic amines) is 1. The lowest BCUT2D eigenvalue weighted by atomic mass is 10.2. The molecule has 1 unspecified atom stereocenters. The number of esters is 1. The first-order chi connectivity index (χ1) is 8.65. The molecular weight excluding hydrogens is 285 g/mol. The van der Waals surface area contributed by atoms with Gasteiger partial charge in [-0.05, 0) is 57.1 Å². The van der Waals surface area contributed by atoms with Crippen molar-refractivity contribution in [1.82, 2.24) is 4.90 Å². The molecule has 1 atom stereocenters. The molecule has 1 saturated heterocycles. The van der Waals surface area contributed by atoms with Crippen molar-refractivity contribution >= 4 is 17.6 Å². The van der Waals surface area contributed by atoms with E-state index in [1.165, 1.54) is 12.8 Å². The van der Waals surface area contributed by atoms with Crippen LogP contribution in [0.1, 0.15) is 30.1 Å². The molecule has 0 radical (unpaired) electrons. The van der Waals surface area contributed by atoms with Crippen molar-refractivity contribution in [2.45, 2.75) is 25.9 Å². The van der Waals surface area contributed by atoms with E-state index in [1.54, 1.807) is 24.3 Å². The third kappa shape index (κ3) is 5.01. The van der Waals surface area contributed by atoms with Crippen LogP contribution in [-0.4, -0.2) is 36.6 Å². The van der Waals surface area contributed by atoms with Crippen molar-refractivity contribution in [3.8, 4) is 0 Å². The van der Waals surface area contributed by atoms with Crippen molar-refractivity contribution < 1.29 is 21.9 Å². The van der Waals surface area contributed by atoms with Gasteiger partial charge in [0.05, 0.1) is 5.56 Å². The molecule has 1 aromatic rings. The molecule has 106 valence electrons. The smallest absolute Gasteiger partial charge is 0.338 e. The molecule has 3 nitrogen and oxygen atoms in total. The summed E-state index contributed by atoms with van der Waals surface area (Å²) < 4.78 is 5.41. The lowest BCUT2D eigenvalue weighted by Crippen LogP contribution is -3.00. The normalized spacial score (nSPS) is 16.7. The van der Waals surface area contributed by atoms with Crippen molar-refractivity contribution in [2.75, 3.05) is 19.6 Å². The van der Waals surface area contributed by atoms with E-state index in [-0.39, 0.29) is 24.5 Å². The third-order valence-electron chi connectivity index (χ3n) is 3.10. The van der Waals surface area contributed by atoms with Gasteiger partial charge >= 0.3 is 5.97 Å². The summed E-state index contributed by atoms with van der Waals surface area (Å²) in [6.45, 7) is 4.98. The minimum Gasteiger partial charge on any atom is -1.00 e. The molecule has 0 aromatic heterocycles. The summed E-state index contributed by atoms with van der Waals surface area (Å²) in [5.74, 6) is -0.279. The van der Waals surface area contributed by atoms with E-state index >= 15 is 0 Å². The number of hydrogen-bond donors (Lipinski definition) is 0. The number of hydrogen-bond acceptors (Lipinski definition) is 3. The minimum absolute atomic E-state index is 0. The number of nitrogens with zero attached hydrogens (tertiary/aromatic N) is 1. The molecule has 0 aliphatic carbocycles. The highest BCUT2D eigenvalue weighted by Gasteiger charge is 2.17. The van der Waals surface area contributed by atoms with Crippen LogP contribution < -0.4 is 12.4 Å². The van der Waals surface area contributed by atoms with Crippen LogP contribution in [0, 0.1) is 0 Å². The van der Waals surface area contributed by atoms with Gasteiger partial charge in [-0.15, -0.1) is 0 Å². The zero-order chi connectivity index (χ0) is 13.0. The number of halogens is 2. The van der Waals surface area contributed by atoms with Crippen molar-refractivity contribution in [3.05, 3.63) is 34.9 Å². The van der Waals surface area contributed by atoms with Crippen LogP contribution >= 0.6 is 11.6 Å². The molecule has 0 saturated carbocycles. The summed E-state index contributed by atoms with van der Waals surface area (Å²) in [7, 11) is 0. The molecule has 19 heavy (non-hydrogen) atoms. The molecule has 2 rings (SSSR count). The largest absolute Gasteiger partial charge is 1.00 e. The first-order valence-electron chi connectivity index (χ1n) is 6.34. The fourth-order valence-corrected chi connectivity index (χ4v) is 2.33. The van der Waals surface area contributed by atoms with Gasteiger partial charge in [0, 0.05) is 11.6 Å². The van der Waals surface area contributed by atoms with Gasteiger partial charge in [-0.3, -0.25) is 4.90 Å². The van der Waals surface area contributed by atoms with Crippen LogP contribution in [0.25, 0.3) is 0 Å². The summed E-state index contributed by atoms with van der Waals surface area (Å²) in [6.07, 6.45) is 2.42. The van der Waals surface area contributed by atoms with Crippen LogP contribution in [0.15, 0.2) is 24.3 Å². The molecule has 1 aliphatic rings. The monoisotopic (exact) mass is 302 g/mol. The van der Waals surface area contributed by atoms with E-state index < -0.39 is 0 Å². The predicted molar refractivity (Wildman–Crippen MR) is 72.0 cm³/mol. The van der Waals surface area contributed by atoms with Crippen LogP contribution in [0.5, 0.6) is 0 Å². The Labute approximate surface area is 125 Å². The Morgan fingerprint density at radius 3 is 2.47 bits per heavy atom. The van der Waals surface area contributed by atoms with Gasteiger partial charge in [0.25, 0.3) is 0 Å². The summed E-state index contributed by atoms with van der Waals surface area (Å²) in [5.41, 5.74) is 0.549. The summed E-state index contributed by atoms with van der Waals surface area (Å²) in [5, 5.41) is 0.622. The van der Waals surface area contributed by atoms with Crippen LogP contribution in [0.2, 0.25) is 5.02 Å². The second-order valence-corrected chi connectivity index (χ2v) is 5.17. The van der Waals surface area contributed by atoms with Gasteiger partial charge in [0.2, 0.25) is 0 Å². The van der Waals surface area contributed by atoms with Crippen molar-refractivity contribution in [1.29, 1.82) is 0 Å². The van der Waals surface area contributed by atoms with E-state index in [0.717, 1.165) is 19.6 Å². The third-order valence-corrected chi connectivity index (χ3v) is 3.35. The van der Waals surface area contributed by atoms with Gasteiger partial charge in [0.15, 0.2) is 0 Å². The first-order valence-corrected chi connectivity index (χ1v) is 6.72. The average Bonchev–Trinajstić information content (AvgIpc) is 2.82. The highest BCUT2D eigenvalue weighted by molar-refractivity contribution is 6.30. The van der Waals surface area contributed by atoms with E-state index in [1.807, 2.05) is 6.92 Å². The Kier molecular flexibility index (Phi) is 6.63. The van der Waals surface area contributed by atoms with Crippen LogP contribution in [0.3, 0.4) is 0 Å². The fourth-order valence-electron chi connectivity index (χ4n) is 2.20. The molecule has 1 fully saturated rings. The molecule has 1 heterocycles. The quantitative estimate of drug-likeness (QED) is 0.733. The van der Waals surface area contributed by atoms with E-state index in [4.69, 9.17) is 16.3 Å². The first kappa shape index (κ1) is 16.3. The lowest BCUT2D eigenvalue weighted by Gasteiger charge is -2.20. The number of carbonyl (C=O) groups is 1. The van der Waals surface area contributed by atoms with Crippen LogP contribution in [0.4, 0.5) is 0 Å². The van der Waals surface area contributed by atoms with Gasteiger partial charge < -0.3 is 17.1 Å². The maximum Gasteiger partial charge on any atom is 0.338 e. The van der Waals surface area contributed by atoms with E-state index in [9.17, 15) is 4.79 Å². The van der Waals surface area contributed by atoms with Crippen molar-refractivity contribution in [3.63, 3.8) is 0 Å². The van der Waals surface area contributed by atoms with Gasteiger partial charge in [-0.25, -0.2) is 4.79 Å². The Hall–Kier alpha value is -0.770. The van der Waals surface area contributed by atoms with Gasteiger partial charge in [0.1, 0.15) is 6.10 Å². The average molecular weight is 303 g/mol. The summed E-state index contributed by atoms with van der Waals surface area (Å²) in [4.78, 5) is 14.2. The zero-order valence-corrected chi connectivity index (χ0v) is 12.5. The Bertz CT molecular complexity index is 402. The maximum absolute atomic E-state index is 11.9. The zero-order valence-electron chi connectivity index (χ0n) is 10.9. The predicted octanol–water partition coefficient (Wildman–Crippen LogP) is -0.0149. The Morgan fingerprint density at radius 1 is 1.32 bits per heavy atom. The summed E-state index contributed by atoms with van der Waals surface area (Å²) in [6, 6.07) is 6.77. The molecule has 5 heteroatoms. The van der Waals surface area contributed by atoms with E-state index in [0.29, 0.717) is 10.6 Å². The van der Waals surface area contributed by atoms with Crippen LogP contribution in [-0.2, 0) is 4.74 Å². The van der Waals surface area contributed by atoms with Gasteiger partial charge in [-0.2, -0.15) is 0 Å². The topological polar surface area (TPSA) is 29.5 Å². The maximum atomic E-state index is 11.9. The number of carbonyl (C=O) groups excluding carboxylic acids is 1. The standard InChI is InChI=1S/C14H18ClNO2.ClH/c1-11(10-16-8-2-3-9-16)18-14(17)12-4-6-13(15)7-5-12;/h4-7,11H,2-3,8-10H2,1H3;1H/p-1. The highest BCUT2D eigenvalue weighted by Crippen LogP contribution is 2.13. The Morgan fingerprint density at radius 2 is 1.89 bits per heavy atom. The summed E-state index contributed by atoms with van der Waals surface area (Å²) >= 11 is 5.78. The fraction of sp³-hybridized carbons (Fsp3) is 0.500. The molecule has 0 bridgehead atoms. The van der Waals surface area contributed by atoms with Crippen molar-refractivity contribution in [2.24, 2.45) is 0 Å². The minimum atomic E-state index is -0.279. The molecule has 0 N–H and O–H groups in total. The van der Waals surface area contributed by atoms with E-state index in [2.05, 4.69) is 4.90 Å². The number of ether oxygens (including phenoxy) is 1.